The molecule has 18 heavy (non-hydrogen) atoms. The van der Waals surface area contributed by atoms with Crippen molar-refractivity contribution in [2.45, 2.75) is 6.92 Å². The number of hydrogen-bond donors (Lipinski definition) is 2. The molecule has 1 rings (SSSR count). The zero-order valence-electron chi connectivity index (χ0n) is 9.90. The van der Waals surface area contributed by atoms with Gasteiger partial charge in [0.2, 0.25) is 0 Å². The first kappa shape index (κ1) is 15.0. The van der Waals surface area contributed by atoms with Crippen LogP contribution in [0.15, 0.2) is 22.7 Å². The number of nitrogens with one attached hydrogen (secondary N) is 1. The molecular formula is C12H14BrNO3S. The predicted octanol–water partition coefficient (Wildman–Crippen LogP) is 2.31. The number of amides is 1. The fourth-order valence-electron chi connectivity index (χ4n) is 1.37. The van der Waals surface area contributed by atoms with Crippen LogP contribution in [0.1, 0.15) is 15.9 Å². The Hall–Kier alpha value is -1.01. The van der Waals surface area contributed by atoms with E-state index in [4.69, 9.17) is 5.11 Å². The molecule has 0 radical (unpaired) electrons. The van der Waals surface area contributed by atoms with E-state index >= 15 is 0 Å². The van der Waals surface area contributed by atoms with Gasteiger partial charge >= 0.3 is 5.97 Å². The van der Waals surface area contributed by atoms with Gasteiger partial charge in [0.15, 0.2) is 0 Å². The molecule has 0 aromatic heterocycles. The van der Waals surface area contributed by atoms with Gasteiger partial charge in [0.1, 0.15) is 0 Å². The molecule has 98 valence electrons. The van der Waals surface area contributed by atoms with E-state index in [0.717, 1.165) is 10.0 Å². The van der Waals surface area contributed by atoms with Crippen LogP contribution in [0.5, 0.6) is 0 Å². The number of carbonyl (C=O) groups excluding carboxylic acids is 1. The summed E-state index contributed by atoms with van der Waals surface area (Å²) in [5.74, 6) is -0.313. The third-order valence-electron chi connectivity index (χ3n) is 2.19. The Labute approximate surface area is 118 Å². The highest BCUT2D eigenvalue weighted by Gasteiger charge is 2.08. The van der Waals surface area contributed by atoms with E-state index in [2.05, 4.69) is 21.2 Å². The molecule has 0 fully saturated rings. The molecule has 0 heterocycles. The third kappa shape index (κ3) is 5.10. The third-order valence-corrected chi connectivity index (χ3v) is 3.63. The Morgan fingerprint density at radius 3 is 2.78 bits per heavy atom. The summed E-state index contributed by atoms with van der Waals surface area (Å²) in [7, 11) is 0. The van der Waals surface area contributed by atoms with Gasteiger partial charge in [-0.25, -0.2) is 0 Å². The molecule has 0 aliphatic carbocycles. The zero-order chi connectivity index (χ0) is 13.5. The highest BCUT2D eigenvalue weighted by atomic mass is 79.9. The lowest BCUT2D eigenvalue weighted by atomic mass is 10.1. The van der Waals surface area contributed by atoms with Crippen molar-refractivity contribution in [2.75, 3.05) is 18.1 Å². The second-order valence-corrected chi connectivity index (χ2v) is 5.68. The Morgan fingerprint density at radius 2 is 2.17 bits per heavy atom. The van der Waals surface area contributed by atoms with Gasteiger partial charge in [-0.1, -0.05) is 15.9 Å². The Balaban J connectivity index is 2.39. The number of carboxylic acids is 1. The topological polar surface area (TPSA) is 66.4 Å². The molecule has 0 bridgehead atoms. The molecule has 0 unspecified atom stereocenters. The Kier molecular flexibility index (Phi) is 6.21. The number of aryl methyl sites for hydroxylation is 1. The monoisotopic (exact) mass is 331 g/mol. The average molecular weight is 332 g/mol. The average Bonchev–Trinajstić information content (AvgIpc) is 2.27. The summed E-state index contributed by atoms with van der Waals surface area (Å²) in [5, 5.41) is 11.2. The number of carboxylic acid groups (broad SMARTS) is 1. The molecule has 0 saturated carbocycles. The minimum atomic E-state index is -0.838. The van der Waals surface area contributed by atoms with E-state index in [1.807, 2.05) is 19.1 Å². The normalized spacial score (nSPS) is 10.1. The SMILES string of the molecule is Cc1cc(Br)ccc1C(=O)NCCSCC(=O)O. The minimum absolute atomic E-state index is 0.0627. The number of aliphatic carboxylic acids is 1. The fourth-order valence-corrected chi connectivity index (χ4v) is 2.41. The van der Waals surface area contributed by atoms with Crippen molar-refractivity contribution >= 4 is 39.6 Å². The second kappa shape index (κ2) is 7.43. The van der Waals surface area contributed by atoms with Crippen molar-refractivity contribution in [1.29, 1.82) is 0 Å². The van der Waals surface area contributed by atoms with Crippen LogP contribution >= 0.6 is 27.7 Å². The summed E-state index contributed by atoms with van der Waals surface area (Å²) in [5.41, 5.74) is 1.54. The van der Waals surface area contributed by atoms with Crippen molar-refractivity contribution < 1.29 is 14.7 Å². The standard InChI is InChI=1S/C12H14BrNO3S/c1-8-6-9(13)2-3-10(8)12(17)14-4-5-18-7-11(15)16/h2-3,6H,4-5,7H2,1H3,(H,14,17)(H,15,16). The van der Waals surface area contributed by atoms with Gasteiger partial charge in [-0.05, 0) is 30.7 Å². The molecule has 6 heteroatoms. The largest absolute Gasteiger partial charge is 0.481 e. The van der Waals surface area contributed by atoms with E-state index in [-0.39, 0.29) is 11.7 Å². The van der Waals surface area contributed by atoms with E-state index < -0.39 is 5.97 Å². The summed E-state index contributed by atoms with van der Waals surface area (Å²) < 4.78 is 0.938. The van der Waals surface area contributed by atoms with Gasteiger partial charge in [0.05, 0.1) is 5.75 Å². The van der Waals surface area contributed by atoms with E-state index in [0.29, 0.717) is 17.9 Å². The molecule has 0 aliphatic heterocycles. The summed E-state index contributed by atoms with van der Waals surface area (Å²) in [6.07, 6.45) is 0. The molecule has 1 amide bonds. The van der Waals surface area contributed by atoms with Crippen molar-refractivity contribution in [1.82, 2.24) is 5.32 Å². The lowest BCUT2D eigenvalue weighted by molar-refractivity contribution is -0.133. The lowest BCUT2D eigenvalue weighted by Gasteiger charge is -2.07. The summed E-state index contributed by atoms with van der Waals surface area (Å²) in [6, 6.07) is 5.47. The van der Waals surface area contributed by atoms with Crippen LogP contribution in [-0.2, 0) is 4.79 Å². The molecule has 1 aromatic rings. The molecule has 0 atom stereocenters. The van der Waals surface area contributed by atoms with E-state index in [9.17, 15) is 9.59 Å². The molecule has 0 saturated heterocycles. The van der Waals surface area contributed by atoms with Crippen molar-refractivity contribution in [3.05, 3.63) is 33.8 Å². The van der Waals surface area contributed by atoms with Gasteiger partial charge in [-0.2, -0.15) is 0 Å². The van der Waals surface area contributed by atoms with Crippen LogP contribution in [0.2, 0.25) is 0 Å². The van der Waals surface area contributed by atoms with Crippen LogP contribution < -0.4 is 5.32 Å². The Bertz CT molecular complexity index is 451. The van der Waals surface area contributed by atoms with E-state index in [1.165, 1.54) is 11.8 Å². The first-order valence-corrected chi connectivity index (χ1v) is 7.29. The van der Waals surface area contributed by atoms with Crippen molar-refractivity contribution in [3.8, 4) is 0 Å². The molecular weight excluding hydrogens is 318 g/mol. The maximum Gasteiger partial charge on any atom is 0.313 e. The van der Waals surface area contributed by atoms with E-state index in [1.54, 1.807) is 6.07 Å². The highest BCUT2D eigenvalue weighted by molar-refractivity contribution is 9.10. The van der Waals surface area contributed by atoms with Crippen LogP contribution in [-0.4, -0.2) is 35.0 Å². The first-order chi connectivity index (χ1) is 8.50. The highest BCUT2D eigenvalue weighted by Crippen LogP contribution is 2.15. The minimum Gasteiger partial charge on any atom is -0.481 e. The molecule has 0 aliphatic rings. The van der Waals surface area contributed by atoms with Crippen molar-refractivity contribution in [3.63, 3.8) is 0 Å². The maximum atomic E-state index is 11.8. The van der Waals surface area contributed by atoms with Crippen LogP contribution in [0.25, 0.3) is 0 Å². The van der Waals surface area contributed by atoms with Crippen LogP contribution in [0.4, 0.5) is 0 Å². The molecule has 2 N–H and O–H groups in total. The van der Waals surface area contributed by atoms with Gasteiger partial charge < -0.3 is 10.4 Å². The van der Waals surface area contributed by atoms with Crippen LogP contribution in [0, 0.1) is 6.92 Å². The first-order valence-electron chi connectivity index (χ1n) is 5.34. The summed E-state index contributed by atoms with van der Waals surface area (Å²) in [6.45, 7) is 2.34. The number of hydrogen-bond acceptors (Lipinski definition) is 3. The summed E-state index contributed by atoms with van der Waals surface area (Å²) >= 11 is 4.62. The number of halogens is 1. The maximum absolute atomic E-state index is 11.8. The molecule has 1 aromatic carbocycles. The van der Waals surface area contributed by atoms with Crippen molar-refractivity contribution in [2.24, 2.45) is 0 Å². The summed E-state index contributed by atoms with van der Waals surface area (Å²) in [4.78, 5) is 22.1. The lowest BCUT2D eigenvalue weighted by Crippen LogP contribution is -2.26. The smallest absolute Gasteiger partial charge is 0.313 e. The number of benzene rings is 1. The molecule has 0 spiro atoms. The van der Waals surface area contributed by atoms with Gasteiger partial charge in [-0.3, -0.25) is 9.59 Å². The quantitative estimate of drug-likeness (QED) is 0.785. The molecule has 4 nitrogen and oxygen atoms in total. The van der Waals surface area contributed by atoms with Crippen LogP contribution in [0.3, 0.4) is 0 Å². The predicted molar refractivity (Wildman–Crippen MR) is 76.2 cm³/mol. The van der Waals surface area contributed by atoms with Gasteiger partial charge in [0.25, 0.3) is 5.91 Å². The van der Waals surface area contributed by atoms with Gasteiger partial charge in [0, 0.05) is 22.3 Å². The number of rotatable bonds is 6. The Morgan fingerprint density at radius 1 is 1.44 bits per heavy atom. The number of carbonyl (C=O) groups is 2. The number of thioether (sulfide) groups is 1. The zero-order valence-corrected chi connectivity index (χ0v) is 12.3. The second-order valence-electron chi connectivity index (χ2n) is 3.66. The van der Waals surface area contributed by atoms with Gasteiger partial charge in [-0.15, -0.1) is 11.8 Å². The fraction of sp³-hybridized carbons (Fsp3) is 0.333.